The first kappa shape index (κ1) is 61.0. The Morgan fingerprint density at radius 1 is 0.658 bits per heavy atom. The van der Waals surface area contributed by atoms with Crippen LogP contribution in [0.1, 0.15) is 169 Å². The van der Waals surface area contributed by atoms with Gasteiger partial charge in [0.05, 0.1) is 67.3 Å². The van der Waals surface area contributed by atoms with Crippen molar-refractivity contribution in [2.75, 3.05) is 42.3 Å². The highest BCUT2D eigenvalue weighted by Crippen LogP contribution is 2.71. The lowest BCUT2D eigenvalue weighted by molar-refractivity contribution is -0.555. The van der Waals surface area contributed by atoms with Crippen molar-refractivity contribution in [2.24, 2.45) is 68.0 Å². The molecule has 0 spiro atoms. The van der Waals surface area contributed by atoms with Gasteiger partial charge in [0.25, 0.3) is 33.0 Å². The van der Waals surface area contributed by atoms with Crippen molar-refractivity contribution in [3.63, 3.8) is 0 Å². The Kier molecular flexibility index (Phi) is 17.4. The van der Waals surface area contributed by atoms with Gasteiger partial charge in [0.2, 0.25) is 6.34 Å². The summed E-state index contributed by atoms with van der Waals surface area (Å²) in [5, 5.41) is 0. The van der Waals surface area contributed by atoms with Crippen molar-refractivity contribution < 1.29 is 57.1 Å². The standard InChI is InChI=1S/2C25H38O5S.C11H21N5O/c2*1-23(2)12-5-13-25(4)21(23)10-14-24(3)20(8-6-18-11-15-29-16-18)19(7-9-22(24)25)17-30-31(26,27)28;1-12(2)11-15(5)9-8(10(17)16(11)6)13(3)7-14(9)4/h2*11,15-17,20-22H,5-10,12-14H2,1-4H3,(H,26,27,28);7-9H,1-6H3/q;;+2/p-2/b2*19-17+;/t2*20-,21-,22-,24+,25-;/m00./s1. The van der Waals surface area contributed by atoms with Crippen LogP contribution in [-0.2, 0) is 46.8 Å². The first-order chi connectivity index (χ1) is 36.8. The molecule has 2 aromatic rings. The molecule has 2 unspecified atom stereocenters. The number of allylic oxidation sites excluding steroid dienone is 2. The van der Waals surface area contributed by atoms with Crippen LogP contribution >= 0.6 is 0 Å². The number of nitrogens with zero attached hydrogens (tertiary/aromatic N) is 5. The van der Waals surface area contributed by atoms with Crippen molar-refractivity contribution in [3.8, 4) is 0 Å². The molecule has 6 aliphatic carbocycles. The molecule has 12 atom stereocenters. The summed E-state index contributed by atoms with van der Waals surface area (Å²) in [7, 11) is 2.24. The maximum atomic E-state index is 12.4. The van der Waals surface area contributed by atoms with Gasteiger partial charge in [-0.15, -0.1) is 0 Å². The van der Waals surface area contributed by atoms with Crippen LogP contribution in [0.3, 0.4) is 0 Å². The molecule has 442 valence electrons. The summed E-state index contributed by atoms with van der Waals surface area (Å²) in [5.74, 6) is 4.10. The van der Waals surface area contributed by atoms with Crippen molar-refractivity contribution in [2.45, 2.75) is 183 Å². The molecule has 0 N–H and O–H groups in total. The van der Waals surface area contributed by atoms with Crippen LogP contribution in [0.15, 0.2) is 69.7 Å². The van der Waals surface area contributed by atoms with E-state index in [4.69, 9.17) is 8.83 Å². The van der Waals surface area contributed by atoms with E-state index in [2.05, 4.69) is 73.2 Å². The van der Waals surface area contributed by atoms with Gasteiger partial charge in [0.15, 0.2) is 0 Å². The van der Waals surface area contributed by atoms with Crippen molar-refractivity contribution in [1.82, 2.24) is 14.7 Å². The number of aryl methyl sites for hydroxylation is 2. The number of rotatable bonds is 10. The van der Waals surface area contributed by atoms with Gasteiger partial charge in [-0.1, -0.05) is 68.2 Å². The predicted octanol–water partition coefficient (Wildman–Crippen LogP) is 10.8. The van der Waals surface area contributed by atoms with Gasteiger partial charge in [-0.3, -0.25) is 14.3 Å². The molecule has 7 fully saturated rings. The Bertz CT molecular complexity index is 2700. The molecule has 2 aromatic heterocycles. The molecule has 18 heteroatoms. The minimum Gasteiger partial charge on any atom is -0.716 e. The summed E-state index contributed by atoms with van der Waals surface area (Å²) in [6.45, 7) is 19.7. The number of carbonyl (C=O) groups excluding carboxylic acids is 1. The third-order valence-electron chi connectivity index (χ3n) is 22.3. The Hall–Kier alpha value is -4.13. The first-order valence-electron chi connectivity index (χ1n) is 29.3. The van der Waals surface area contributed by atoms with Gasteiger partial charge in [-0.25, -0.2) is 26.3 Å². The zero-order valence-corrected chi connectivity index (χ0v) is 51.7. The molecule has 1 amide bonds. The van der Waals surface area contributed by atoms with Gasteiger partial charge >= 0.3 is 11.9 Å². The highest BCUT2D eigenvalue weighted by atomic mass is 32.3. The van der Waals surface area contributed by atoms with Gasteiger partial charge in [-0.2, -0.15) is 4.90 Å². The predicted molar refractivity (Wildman–Crippen MR) is 303 cm³/mol. The molecule has 1 saturated heterocycles. The summed E-state index contributed by atoms with van der Waals surface area (Å²) in [4.78, 5) is 18.2. The Morgan fingerprint density at radius 3 is 1.47 bits per heavy atom. The number of hydrogen-bond acceptors (Lipinski definition) is 12. The minimum absolute atomic E-state index is 0.0705. The van der Waals surface area contributed by atoms with E-state index in [1.807, 2.05) is 70.2 Å². The quantitative estimate of drug-likeness (QED) is 0.0945. The Morgan fingerprint density at radius 2 is 1.09 bits per heavy atom. The number of guanidine groups is 1. The van der Waals surface area contributed by atoms with E-state index in [1.54, 1.807) is 30.0 Å². The molecule has 10 rings (SSSR count). The van der Waals surface area contributed by atoms with E-state index in [-0.39, 0.29) is 40.8 Å². The smallest absolute Gasteiger partial charge is 0.360 e. The van der Waals surface area contributed by atoms with E-state index in [0.717, 1.165) is 104 Å². The SMILES string of the molecule is CC1(C)CCC[C@]2(C)[C@H]3CC/C(=C\OS(=O)(=O)[O-])[C@H](CCc4ccoc4)[C@@]3(C)CC[C@@H]12.CC1(C)CCC[C@]2(C)[C@H]3CC/C(=C\OS(=O)(=O)[O-])[C@H](CCc4ccoc4)[C@@]3(C)CC[C@@H]12.CN1C(=O)C2C(N(C)C1=[N+](C)C)[N+](C)=CN2C. The van der Waals surface area contributed by atoms with Gasteiger partial charge in [-0.05, 0) is 205 Å². The molecule has 6 saturated carbocycles. The largest absolute Gasteiger partial charge is 0.716 e. The van der Waals surface area contributed by atoms with Crippen molar-refractivity contribution >= 4 is 39.0 Å². The Balaban J connectivity index is 0.000000163. The lowest BCUT2D eigenvalue weighted by Crippen LogP contribution is -2.67. The fourth-order valence-corrected chi connectivity index (χ4v) is 19.8. The molecule has 4 heterocycles. The maximum absolute atomic E-state index is 12.4. The average Bonchev–Trinajstić information content (AvgIpc) is 4.23. The molecule has 0 radical (unpaired) electrons. The van der Waals surface area contributed by atoms with Gasteiger partial charge in [0.1, 0.15) is 12.5 Å². The maximum Gasteiger partial charge on any atom is 0.360 e. The molecule has 0 bridgehead atoms. The van der Waals surface area contributed by atoms with Crippen LogP contribution in [0, 0.1) is 68.0 Å². The van der Waals surface area contributed by atoms with Crippen LogP contribution < -0.4 is 0 Å². The highest BCUT2D eigenvalue weighted by molar-refractivity contribution is 7.81. The van der Waals surface area contributed by atoms with Gasteiger partial charge in [0, 0.05) is 0 Å². The summed E-state index contributed by atoms with van der Waals surface area (Å²) < 4.78 is 90.9. The van der Waals surface area contributed by atoms with E-state index >= 15 is 0 Å². The highest BCUT2D eigenvalue weighted by Gasteiger charge is 2.63. The zero-order valence-electron chi connectivity index (χ0n) is 50.1. The van der Waals surface area contributed by atoms with E-state index < -0.39 is 20.8 Å². The summed E-state index contributed by atoms with van der Waals surface area (Å²) >= 11 is 0. The normalized spacial score (nSPS) is 36.8. The van der Waals surface area contributed by atoms with Crippen molar-refractivity contribution in [1.29, 1.82) is 0 Å². The molecule has 2 aliphatic heterocycles. The number of carbonyl (C=O) groups is 1. The molecule has 0 aromatic carbocycles. The second kappa shape index (κ2) is 22.6. The van der Waals surface area contributed by atoms with Crippen LogP contribution in [-0.4, -0.2) is 122 Å². The van der Waals surface area contributed by atoms with Gasteiger partial charge < -0.3 is 26.3 Å². The summed E-state index contributed by atoms with van der Waals surface area (Å²) in [5.41, 5.74) is 5.77. The zero-order chi connectivity index (χ0) is 57.9. The third-order valence-corrected chi connectivity index (χ3v) is 23.0. The fraction of sp³-hybridized carbons (Fsp3) is 0.754. The van der Waals surface area contributed by atoms with Crippen molar-refractivity contribution in [3.05, 3.63) is 72.0 Å². The molecular formula is C61H95N5O11S2. The topological polar surface area (TPSA) is 192 Å². The monoisotopic (exact) mass is 1140 g/mol. The van der Waals surface area contributed by atoms with E-state index in [0.29, 0.717) is 33.5 Å². The molecule has 79 heavy (non-hydrogen) atoms. The number of amides is 1. The molecule has 16 nitrogen and oxygen atoms in total. The molecular weight excluding hydrogens is 1040 g/mol. The lowest BCUT2D eigenvalue weighted by Gasteiger charge is -2.66. The van der Waals surface area contributed by atoms with E-state index in [1.165, 1.54) is 63.9 Å². The Labute approximate surface area is 474 Å². The van der Waals surface area contributed by atoms with Crippen LogP contribution in [0.4, 0.5) is 0 Å². The number of likely N-dealkylation sites (N-methyl/N-ethyl adjacent to an activating group) is 4. The van der Waals surface area contributed by atoms with Crippen LogP contribution in [0.5, 0.6) is 0 Å². The average molecular weight is 1140 g/mol. The first-order valence-corrected chi connectivity index (χ1v) is 32.0. The second-order valence-corrected chi connectivity index (χ2v) is 29.9. The molecule has 8 aliphatic rings. The van der Waals surface area contributed by atoms with E-state index in [9.17, 15) is 30.7 Å². The second-order valence-electron chi connectivity index (χ2n) is 27.9. The number of hydrogen-bond donors (Lipinski definition) is 0. The third kappa shape index (κ3) is 12.1. The summed E-state index contributed by atoms with van der Waals surface area (Å²) in [6.07, 6.45) is 31.2. The number of furan rings is 2. The minimum atomic E-state index is -4.74. The summed E-state index contributed by atoms with van der Waals surface area (Å²) in [6, 6.07) is 3.86. The van der Waals surface area contributed by atoms with Crippen LogP contribution in [0.25, 0.3) is 0 Å². The lowest BCUT2D eigenvalue weighted by atomic mass is 9.39. The fourth-order valence-electron chi connectivity index (χ4n) is 19.3. The van der Waals surface area contributed by atoms with Crippen LogP contribution in [0.2, 0.25) is 0 Å². The number of fused-ring (bicyclic) bond motifs is 7.